The molecule has 1 rings (SSSR count). The van der Waals surface area contributed by atoms with Crippen LogP contribution in [0.25, 0.3) is 0 Å². The lowest BCUT2D eigenvalue weighted by atomic mass is 9.91. The Bertz CT molecular complexity index is 176. The SMILES string of the molecule is C=CCCCC1CCC(NCCC)C1C. The van der Waals surface area contributed by atoms with E-state index in [0.29, 0.717) is 0 Å². The van der Waals surface area contributed by atoms with E-state index >= 15 is 0 Å². The quantitative estimate of drug-likeness (QED) is 0.497. The van der Waals surface area contributed by atoms with Crippen LogP contribution < -0.4 is 5.32 Å². The lowest BCUT2D eigenvalue weighted by Gasteiger charge is -2.21. The molecule has 3 unspecified atom stereocenters. The fraction of sp³-hybridized carbons (Fsp3) is 0.857. The van der Waals surface area contributed by atoms with E-state index in [0.717, 1.165) is 17.9 Å². The van der Waals surface area contributed by atoms with Gasteiger partial charge in [0.25, 0.3) is 0 Å². The summed E-state index contributed by atoms with van der Waals surface area (Å²) >= 11 is 0. The molecule has 0 saturated heterocycles. The molecule has 0 radical (unpaired) electrons. The predicted octanol–water partition coefficient (Wildman–Crippen LogP) is 3.76. The maximum absolute atomic E-state index is 3.79. The Hall–Kier alpha value is -0.300. The number of hydrogen-bond acceptors (Lipinski definition) is 1. The van der Waals surface area contributed by atoms with Crippen molar-refractivity contribution in [2.75, 3.05) is 6.54 Å². The van der Waals surface area contributed by atoms with Crippen LogP contribution in [-0.2, 0) is 0 Å². The van der Waals surface area contributed by atoms with Gasteiger partial charge in [0, 0.05) is 6.04 Å². The van der Waals surface area contributed by atoms with Gasteiger partial charge in [0.2, 0.25) is 0 Å². The number of allylic oxidation sites excluding steroid dienone is 1. The van der Waals surface area contributed by atoms with Crippen molar-refractivity contribution < 1.29 is 0 Å². The Morgan fingerprint density at radius 3 is 2.87 bits per heavy atom. The van der Waals surface area contributed by atoms with Gasteiger partial charge in [-0.3, -0.25) is 0 Å². The number of unbranched alkanes of at least 4 members (excludes halogenated alkanes) is 1. The first-order valence-corrected chi connectivity index (χ1v) is 6.63. The van der Waals surface area contributed by atoms with Gasteiger partial charge in [-0.25, -0.2) is 0 Å². The number of hydrogen-bond donors (Lipinski definition) is 1. The molecule has 3 atom stereocenters. The van der Waals surface area contributed by atoms with Gasteiger partial charge in [-0.05, 0) is 56.9 Å². The zero-order valence-electron chi connectivity index (χ0n) is 10.5. The van der Waals surface area contributed by atoms with E-state index in [1.807, 2.05) is 6.08 Å². The Morgan fingerprint density at radius 1 is 1.40 bits per heavy atom. The van der Waals surface area contributed by atoms with Gasteiger partial charge in [0.05, 0.1) is 0 Å². The largest absolute Gasteiger partial charge is 0.314 e. The molecule has 0 aromatic carbocycles. The van der Waals surface area contributed by atoms with Crippen LogP contribution in [0.3, 0.4) is 0 Å². The highest BCUT2D eigenvalue weighted by molar-refractivity contribution is 4.87. The predicted molar refractivity (Wildman–Crippen MR) is 68.0 cm³/mol. The molecule has 0 aromatic rings. The highest BCUT2D eigenvalue weighted by Gasteiger charge is 2.31. The molecule has 0 heterocycles. The molecular formula is C14H27N. The summed E-state index contributed by atoms with van der Waals surface area (Å²) < 4.78 is 0. The van der Waals surface area contributed by atoms with Crippen LogP contribution in [0.4, 0.5) is 0 Å². The zero-order chi connectivity index (χ0) is 11.1. The van der Waals surface area contributed by atoms with Gasteiger partial charge >= 0.3 is 0 Å². The minimum absolute atomic E-state index is 0.790. The molecule has 1 saturated carbocycles. The van der Waals surface area contributed by atoms with Crippen LogP contribution in [0, 0.1) is 11.8 Å². The van der Waals surface area contributed by atoms with E-state index in [2.05, 4.69) is 25.7 Å². The summed E-state index contributed by atoms with van der Waals surface area (Å²) in [6, 6.07) is 0.790. The molecule has 0 spiro atoms. The van der Waals surface area contributed by atoms with Crippen LogP contribution in [0.1, 0.15) is 52.4 Å². The molecule has 0 aromatic heterocycles. The van der Waals surface area contributed by atoms with Gasteiger partial charge in [0.15, 0.2) is 0 Å². The molecule has 1 aliphatic rings. The van der Waals surface area contributed by atoms with Crippen molar-refractivity contribution in [3.05, 3.63) is 12.7 Å². The Labute approximate surface area is 95.3 Å². The molecule has 88 valence electrons. The fourth-order valence-electron chi connectivity index (χ4n) is 2.80. The van der Waals surface area contributed by atoms with Crippen molar-refractivity contribution in [1.29, 1.82) is 0 Å². The van der Waals surface area contributed by atoms with Crippen LogP contribution >= 0.6 is 0 Å². The van der Waals surface area contributed by atoms with E-state index in [1.54, 1.807) is 0 Å². The summed E-state index contributed by atoms with van der Waals surface area (Å²) in [5, 5.41) is 3.68. The monoisotopic (exact) mass is 209 g/mol. The van der Waals surface area contributed by atoms with E-state index < -0.39 is 0 Å². The van der Waals surface area contributed by atoms with Crippen molar-refractivity contribution in [3.8, 4) is 0 Å². The third kappa shape index (κ3) is 3.98. The van der Waals surface area contributed by atoms with Crippen LogP contribution in [-0.4, -0.2) is 12.6 Å². The molecular weight excluding hydrogens is 182 g/mol. The third-order valence-electron chi connectivity index (χ3n) is 3.87. The summed E-state index contributed by atoms with van der Waals surface area (Å²) in [5.41, 5.74) is 0. The molecule has 0 bridgehead atoms. The van der Waals surface area contributed by atoms with Gasteiger partial charge in [-0.15, -0.1) is 6.58 Å². The van der Waals surface area contributed by atoms with E-state index in [-0.39, 0.29) is 0 Å². The number of rotatable bonds is 7. The third-order valence-corrected chi connectivity index (χ3v) is 3.87. The van der Waals surface area contributed by atoms with Crippen molar-refractivity contribution in [1.82, 2.24) is 5.32 Å². The Balaban J connectivity index is 2.22. The Kier molecular flexibility index (Phi) is 6.00. The summed E-state index contributed by atoms with van der Waals surface area (Å²) in [5.74, 6) is 1.83. The summed E-state index contributed by atoms with van der Waals surface area (Å²) in [6.07, 6.45) is 10.0. The second-order valence-corrected chi connectivity index (χ2v) is 4.98. The first-order chi connectivity index (χ1) is 7.29. The lowest BCUT2D eigenvalue weighted by molar-refractivity contribution is 0.332. The maximum atomic E-state index is 3.79. The topological polar surface area (TPSA) is 12.0 Å². The minimum Gasteiger partial charge on any atom is -0.314 e. The average molecular weight is 209 g/mol. The molecule has 0 aliphatic heterocycles. The molecule has 1 fully saturated rings. The number of nitrogens with one attached hydrogen (secondary N) is 1. The van der Waals surface area contributed by atoms with Crippen molar-refractivity contribution in [3.63, 3.8) is 0 Å². The molecule has 1 aliphatic carbocycles. The first-order valence-electron chi connectivity index (χ1n) is 6.63. The highest BCUT2D eigenvalue weighted by atomic mass is 14.9. The first kappa shape index (κ1) is 12.8. The van der Waals surface area contributed by atoms with Gasteiger partial charge < -0.3 is 5.32 Å². The highest BCUT2D eigenvalue weighted by Crippen LogP contribution is 2.35. The smallest absolute Gasteiger partial charge is 0.00954 e. The summed E-state index contributed by atoms with van der Waals surface area (Å²) in [6.45, 7) is 9.65. The zero-order valence-corrected chi connectivity index (χ0v) is 10.5. The standard InChI is InChI=1S/C14H27N/c1-4-6-7-8-13-9-10-14(12(13)3)15-11-5-2/h4,12-15H,1,5-11H2,2-3H3. The average Bonchev–Trinajstić information content (AvgIpc) is 2.58. The van der Waals surface area contributed by atoms with Gasteiger partial charge in [-0.1, -0.05) is 19.9 Å². The second-order valence-electron chi connectivity index (χ2n) is 4.98. The van der Waals surface area contributed by atoms with E-state index in [4.69, 9.17) is 0 Å². The minimum atomic E-state index is 0.790. The van der Waals surface area contributed by atoms with Crippen molar-refractivity contribution in [2.45, 2.75) is 58.4 Å². The molecule has 1 nitrogen and oxygen atoms in total. The molecule has 1 heteroatoms. The van der Waals surface area contributed by atoms with Crippen molar-refractivity contribution in [2.24, 2.45) is 11.8 Å². The second kappa shape index (κ2) is 7.05. The van der Waals surface area contributed by atoms with E-state index in [9.17, 15) is 0 Å². The molecule has 1 N–H and O–H groups in total. The Morgan fingerprint density at radius 2 is 2.20 bits per heavy atom. The molecule has 15 heavy (non-hydrogen) atoms. The van der Waals surface area contributed by atoms with E-state index in [1.165, 1.54) is 45.1 Å². The normalized spacial score (nSPS) is 30.7. The van der Waals surface area contributed by atoms with Gasteiger partial charge in [-0.2, -0.15) is 0 Å². The summed E-state index contributed by atoms with van der Waals surface area (Å²) in [7, 11) is 0. The van der Waals surface area contributed by atoms with Crippen LogP contribution in [0.15, 0.2) is 12.7 Å². The van der Waals surface area contributed by atoms with Gasteiger partial charge in [0.1, 0.15) is 0 Å². The lowest BCUT2D eigenvalue weighted by Crippen LogP contribution is -2.33. The molecule has 0 amide bonds. The maximum Gasteiger partial charge on any atom is 0.00954 e. The van der Waals surface area contributed by atoms with Crippen LogP contribution in [0.2, 0.25) is 0 Å². The fourth-order valence-corrected chi connectivity index (χ4v) is 2.80. The van der Waals surface area contributed by atoms with Crippen LogP contribution in [0.5, 0.6) is 0 Å². The summed E-state index contributed by atoms with van der Waals surface area (Å²) in [4.78, 5) is 0. The van der Waals surface area contributed by atoms with Crippen molar-refractivity contribution >= 4 is 0 Å².